The third-order valence-electron chi connectivity index (χ3n) is 4.08. The number of benzene rings is 1. The lowest BCUT2D eigenvalue weighted by molar-refractivity contribution is 0.101. The quantitative estimate of drug-likeness (QED) is 0.571. The van der Waals surface area contributed by atoms with Crippen LogP contribution in [0.2, 0.25) is 0 Å². The number of hydrogen-bond donors (Lipinski definition) is 1. The van der Waals surface area contributed by atoms with Gasteiger partial charge in [0.25, 0.3) is 11.9 Å². The van der Waals surface area contributed by atoms with Gasteiger partial charge in [0.05, 0.1) is 30.5 Å². The van der Waals surface area contributed by atoms with Crippen molar-refractivity contribution in [3.8, 4) is 11.3 Å². The van der Waals surface area contributed by atoms with Crippen LogP contribution in [0.4, 0.5) is 19.0 Å². The molecule has 0 aliphatic carbocycles. The normalized spacial score (nSPS) is 11.0. The Bertz CT molecular complexity index is 1190. The predicted octanol–water partition coefficient (Wildman–Crippen LogP) is 4.26. The SMILES string of the molecule is Cc1cc2oc(F)cc2cc1-c1cnc(NC(=O)c2c(F)cncc2F)cn1. The smallest absolute Gasteiger partial charge is 0.278 e. The molecule has 0 atom stereocenters. The number of aromatic nitrogens is 3. The summed E-state index contributed by atoms with van der Waals surface area (Å²) in [6, 6.07) is 3.96. The first kappa shape index (κ1) is 17.7. The number of nitrogens with one attached hydrogen (secondary N) is 1. The highest BCUT2D eigenvalue weighted by Gasteiger charge is 2.18. The number of carbonyl (C=O) groups excluding carboxylic acids is 1. The first-order valence-corrected chi connectivity index (χ1v) is 8.05. The van der Waals surface area contributed by atoms with Gasteiger partial charge in [0.15, 0.2) is 17.5 Å². The van der Waals surface area contributed by atoms with Gasteiger partial charge in [-0.3, -0.25) is 14.8 Å². The van der Waals surface area contributed by atoms with Crippen molar-refractivity contribution in [1.82, 2.24) is 15.0 Å². The molecule has 4 rings (SSSR count). The summed E-state index contributed by atoms with van der Waals surface area (Å²) in [5.74, 6) is -3.17. The number of halogens is 3. The van der Waals surface area contributed by atoms with Crippen LogP contribution in [0.3, 0.4) is 0 Å². The Labute approximate surface area is 156 Å². The van der Waals surface area contributed by atoms with Crippen LogP contribution < -0.4 is 5.32 Å². The minimum absolute atomic E-state index is 0.0115. The zero-order chi connectivity index (χ0) is 19.8. The number of carbonyl (C=O) groups is 1. The summed E-state index contributed by atoms with van der Waals surface area (Å²) < 4.78 is 45.5. The lowest BCUT2D eigenvalue weighted by Gasteiger charge is -2.08. The molecular weight excluding hydrogens is 373 g/mol. The molecule has 6 nitrogen and oxygen atoms in total. The summed E-state index contributed by atoms with van der Waals surface area (Å²) >= 11 is 0. The standard InChI is InChI=1S/C19H11F3N4O2/c1-9-2-15-10(4-16(22)28-15)3-11(9)14-7-25-17(8-24-14)26-19(27)18-12(20)5-23-6-13(18)21/h2-8H,1H3,(H,25,26,27). The molecule has 0 aliphatic rings. The average molecular weight is 384 g/mol. The van der Waals surface area contributed by atoms with E-state index < -0.39 is 29.1 Å². The van der Waals surface area contributed by atoms with Gasteiger partial charge in [0, 0.05) is 17.0 Å². The number of furan rings is 1. The van der Waals surface area contributed by atoms with Crippen molar-refractivity contribution in [2.24, 2.45) is 0 Å². The summed E-state index contributed by atoms with van der Waals surface area (Å²) in [6.07, 6.45) is 4.12. The van der Waals surface area contributed by atoms with Crippen LogP contribution in [0.1, 0.15) is 15.9 Å². The fourth-order valence-corrected chi connectivity index (χ4v) is 2.77. The average Bonchev–Trinajstić information content (AvgIpc) is 3.00. The highest BCUT2D eigenvalue weighted by molar-refractivity contribution is 6.04. The number of anilines is 1. The van der Waals surface area contributed by atoms with Gasteiger partial charge in [-0.05, 0) is 24.6 Å². The molecule has 1 amide bonds. The van der Waals surface area contributed by atoms with Crippen LogP contribution in [-0.4, -0.2) is 20.9 Å². The minimum Gasteiger partial charge on any atom is -0.431 e. The third kappa shape index (κ3) is 3.18. The number of pyridine rings is 1. The van der Waals surface area contributed by atoms with Crippen molar-refractivity contribution in [1.29, 1.82) is 0 Å². The Kier molecular flexibility index (Phi) is 4.26. The summed E-state index contributed by atoms with van der Waals surface area (Å²) in [4.78, 5) is 23.7. The molecule has 0 saturated carbocycles. The number of hydrogen-bond acceptors (Lipinski definition) is 5. The van der Waals surface area contributed by atoms with Gasteiger partial charge in [0.2, 0.25) is 0 Å². The zero-order valence-corrected chi connectivity index (χ0v) is 14.3. The van der Waals surface area contributed by atoms with Crippen LogP contribution >= 0.6 is 0 Å². The van der Waals surface area contributed by atoms with E-state index in [1.54, 1.807) is 12.1 Å². The highest BCUT2D eigenvalue weighted by Crippen LogP contribution is 2.28. The van der Waals surface area contributed by atoms with Crippen molar-refractivity contribution < 1.29 is 22.4 Å². The maximum Gasteiger partial charge on any atom is 0.278 e. The molecule has 1 N–H and O–H groups in total. The van der Waals surface area contributed by atoms with Gasteiger partial charge >= 0.3 is 0 Å². The van der Waals surface area contributed by atoms with Gasteiger partial charge in [0.1, 0.15) is 11.1 Å². The molecule has 0 radical (unpaired) electrons. The number of amides is 1. The molecule has 9 heteroatoms. The molecule has 140 valence electrons. The fraction of sp³-hybridized carbons (Fsp3) is 0.0526. The molecule has 0 saturated heterocycles. The Morgan fingerprint density at radius 1 is 1.00 bits per heavy atom. The maximum atomic E-state index is 13.6. The molecule has 0 aliphatic heterocycles. The van der Waals surface area contributed by atoms with Crippen molar-refractivity contribution in [2.45, 2.75) is 6.92 Å². The molecule has 3 heterocycles. The number of aryl methyl sites for hydroxylation is 1. The van der Waals surface area contributed by atoms with Gasteiger partial charge in [-0.2, -0.15) is 4.39 Å². The van der Waals surface area contributed by atoms with E-state index in [-0.39, 0.29) is 5.82 Å². The summed E-state index contributed by atoms with van der Waals surface area (Å²) in [5.41, 5.74) is 1.61. The molecule has 0 spiro atoms. The molecule has 1 aromatic carbocycles. The summed E-state index contributed by atoms with van der Waals surface area (Å²) in [7, 11) is 0. The summed E-state index contributed by atoms with van der Waals surface area (Å²) in [6.45, 7) is 1.81. The van der Waals surface area contributed by atoms with E-state index in [9.17, 15) is 18.0 Å². The van der Waals surface area contributed by atoms with Gasteiger partial charge in [-0.15, -0.1) is 0 Å². The summed E-state index contributed by atoms with van der Waals surface area (Å²) in [5, 5.41) is 2.85. The number of rotatable bonds is 3. The van der Waals surface area contributed by atoms with E-state index in [1.807, 2.05) is 6.92 Å². The van der Waals surface area contributed by atoms with Crippen LogP contribution in [0.15, 0.2) is 47.4 Å². The monoisotopic (exact) mass is 384 g/mol. The largest absolute Gasteiger partial charge is 0.431 e. The van der Waals surface area contributed by atoms with Gasteiger partial charge in [-0.1, -0.05) is 0 Å². The lowest BCUT2D eigenvalue weighted by atomic mass is 10.0. The van der Waals surface area contributed by atoms with E-state index >= 15 is 0 Å². The lowest BCUT2D eigenvalue weighted by Crippen LogP contribution is -2.17. The first-order chi connectivity index (χ1) is 13.4. The minimum atomic E-state index is -1.08. The van der Waals surface area contributed by atoms with E-state index in [0.29, 0.717) is 22.2 Å². The second-order valence-electron chi connectivity index (χ2n) is 5.97. The van der Waals surface area contributed by atoms with Crippen LogP contribution in [0.5, 0.6) is 0 Å². The maximum absolute atomic E-state index is 13.6. The van der Waals surface area contributed by atoms with E-state index in [2.05, 4.69) is 20.3 Å². The van der Waals surface area contributed by atoms with Crippen molar-refractivity contribution in [3.63, 3.8) is 0 Å². The van der Waals surface area contributed by atoms with Crippen molar-refractivity contribution >= 4 is 22.7 Å². The molecule has 3 aromatic heterocycles. The van der Waals surface area contributed by atoms with Gasteiger partial charge in [-0.25, -0.2) is 13.8 Å². The molecule has 28 heavy (non-hydrogen) atoms. The van der Waals surface area contributed by atoms with E-state index in [4.69, 9.17) is 4.42 Å². The first-order valence-electron chi connectivity index (χ1n) is 8.05. The van der Waals surface area contributed by atoms with Gasteiger partial charge < -0.3 is 9.73 Å². The molecule has 0 unspecified atom stereocenters. The fourth-order valence-electron chi connectivity index (χ4n) is 2.77. The van der Waals surface area contributed by atoms with Crippen LogP contribution in [0.25, 0.3) is 22.2 Å². The second kappa shape index (κ2) is 6.76. The number of fused-ring (bicyclic) bond motifs is 1. The topological polar surface area (TPSA) is 80.9 Å². The van der Waals surface area contributed by atoms with Crippen LogP contribution in [-0.2, 0) is 0 Å². The number of nitrogens with zero attached hydrogens (tertiary/aromatic N) is 3. The molecule has 0 bridgehead atoms. The highest BCUT2D eigenvalue weighted by atomic mass is 19.1. The Morgan fingerprint density at radius 3 is 2.43 bits per heavy atom. The van der Waals surface area contributed by atoms with Crippen LogP contribution in [0, 0.1) is 24.6 Å². The van der Waals surface area contributed by atoms with Crippen molar-refractivity contribution in [3.05, 3.63) is 71.8 Å². The molecule has 0 fully saturated rings. The zero-order valence-electron chi connectivity index (χ0n) is 14.3. The molecular formula is C19H11F3N4O2. The molecule has 4 aromatic rings. The predicted molar refractivity (Wildman–Crippen MR) is 94.0 cm³/mol. The Hall–Kier alpha value is -3.75. The Morgan fingerprint density at radius 2 is 1.75 bits per heavy atom. The van der Waals surface area contributed by atoms with E-state index in [0.717, 1.165) is 18.0 Å². The van der Waals surface area contributed by atoms with Crippen molar-refractivity contribution in [2.75, 3.05) is 5.32 Å². The third-order valence-corrected chi connectivity index (χ3v) is 4.08. The second-order valence-corrected chi connectivity index (χ2v) is 5.97. The Balaban J connectivity index is 1.61. The van der Waals surface area contributed by atoms with E-state index in [1.165, 1.54) is 18.5 Å².